The van der Waals surface area contributed by atoms with Gasteiger partial charge in [-0.1, -0.05) is 23.7 Å². The zero-order valence-corrected chi connectivity index (χ0v) is 18.5. The first-order chi connectivity index (χ1) is 15.1. The number of anilines is 1. The summed E-state index contributed by atoms with van der Waals surface area (Å²) in [6, 6.07) is 10.1. The molecule has 0 bridgehead atoms. The first-order valence-electron chi connectivity index (χ1n) is 11.0. The molecule has 0 amide bonds. The third-order valence-electron chi connectivity index (χ3n) is 6.66. The molecule has 3 aromatic rings. The van der Waals surface area contributed by atoms with E-state index in [1.165, 1.54) is 0 Å². The lowest BCUT2D eigenvalue weighted by molar-refractivity contribution is -0.124. The molecular formula is C24H27ClN4O2. The maximum atomic E-state index is 12.7. The number of aromatic nitrogens is 3. The zero-order chi connectivity index (χ0) is 21.4. The molecule has 4 heterocycles. The molecule has 0 saturated carbocycles. The van der Waals surface area contributed by atoms with E-state index >= 15 is 0 Å². The van der Waals surface area contributed by atoms with Crippen molar-refractivity contribution >= 4 is 34.2 Å². The van der Waals surface area contributed by atoms with Crippen LogP contribution in [-0.2, 0) is 16.6 Å². The molecular weight excluding hydrogens is 412 g/mol. The van der Waals surface area contributed by atoms with Gasteiger partial charge in [-0.15, -0.1) is 0 Å². The van der Waals surface area contributed by atoms with E-state index in [0.717, 1.165) is 73.8 Å². The third-order valence-corrected chi connectivity index (χ3v) is 6.96. The molecule has 1 unspecified atom stereocenters. The quantitative estimate of drug-likeness (QED) is 0.587. The molecule has 7 heteroatoms. The molecule has 0 aliphatic carbocycles. The van der Waals surface area contributed by atoms with Crippen molar-refractivity contribution in [3.63, 3.8) is 0 Å². The Labute approximate surface area is 187 Å². The number of carbonyl (C=O) groups excluding carboxylic acids is 1. The van der Waals surface area contributed by atoms with Gasteiger partial charge in [-0.25, -0.2) is 9.97 Å². The monoisotopic (exact) mass is 438 g/mol. The lowest BCUT2D eigenvalue weighted by Crippen LogP contribution is -2.37. The fourth-order valence-electron chi connectivity index (χ4n) is 4.78. The molecule has 2 saturated heterocycles. The van der Waals surface area contributed by atoms with Gasteiger partial charge in [-0.3, -0.25) is 4.79 Å². The van der Waals surface area contributed by atoms with Crippen LogP contribution in [-0.4, -0.2) is 46.6 Å². The smallest absolute Gasteiger partial charge is 0.142 e. The van der Waals surface area contributed by atoms with Gasteiger partial charge >= 0.3 is 0 Å². The number of ether oxygens (including phenoxy) is 1. The van der Waals surface area contributed by atoms with Crippen molar-refractivity contribution < 1.29 is 9.53 Å². The highest BCUT2D eigenvalue weighted by Crippen LogP contribution is 2.33. The van der Waals surface area contributed by atoms with E-state index in [1.54, 1.807) is 6.20 Å². The molecule has 0 radical (unpaired) electrons. The second kappa shape index (κ2) is 8.60. The van der Waals surface area contributed by atoms with Crippen molar-refractivity contribution in [3.8, 4) is 11.4 Å². The number of rotatable bonds is 5. The Morgan fingerprint density at radius 2 is 2.03 bits per heavy atom. The summed E-state index contributed by atoms with van der Waals surface area (Å²) in [6.45, 7) is 3.19. The second-order valence-corrected chi connectivity index (χ2v) is 9.07. The average Bonchev–Trinajstić information content (AvgIpc) is 3.42. The zero-order valence-electron chi connectivity index (χ0n) is 17.8. The number of ketones is 1. The normalized spacial score (nSPS) is 19.9. The number of hydrogen-bond acceptors (Lipinski definition) is 5. The summed E-state index contributed by atoms with van der Waals surface area (Å²) in [5.74, 6) is 2.70. The first-order valence-corrected chi connectivity index (χ1v) is 11.4. The number of Topliss-reactive ketones (excluding diaryl/α,β-unsaturated/α-hetero) is 1. The summed E-state index contributed by atoms with van der Waals surface area (Å²) < 4.78 is 7.49. The van der Waals surface area contributed by atoms with Gasteiger partial charge in [-0.05, 0) is 43.4 Å². The number of benzene rings is 1. The Bertz CT molecular complexity index is 1100. The fraction of sp³-hybridized carbons (Fsp3) is 0.458. The van der Waals surface area contributed by atoms with Crippen LogP contribution < -0.4 is 4.90 Å². The van der Waals surface area contributed by atoms with Crippen molar-refractivity contribution in [3.05, 3.63) is 41.6 Å². The first kappa shape index (κ1) is 20.5. The molecule has 2 aliphatic rings. The van der Waals surface area contributed by atoms with Crippen LogP contribution in [0.3, 0.4) is 0 Å². The van der Waals surface area contributed by atoms with E-state index in [1.807, 2.05) is 31.3 Å². The molecule has 162 valence electrons. The van der Waals surface area contributed by atoms with E-state index in [0.29, 0.717) is 23.1 Å². The summed E-state index contributed by atoms with van der Waals surface area (Å²) in [6.07, 6.45) is 5.14. The number of pyridine rings is 1. The van der Waals surface area contributed by atoms with Crippen LogP contribution in [0.4, 0.5) is 5.82 Å². The number of imidazole rings is 1. The lowest BCUT2D eigenvalue weighted by Gasteiger charge is -2.32. The van der Waals surface area contributed by atoms with Crippen LogP contribution in [0.5, 0.6) is 0 Å². The van der Waals surface area contributed by atoms with Gasteiger partial charge in [0.05, 0.1) is 16.1 Å². The van der Waals surface area contributed by atoms with Gasteiger partial charge in [0.2, 0.25) is 0 Å². The number of hydrogen-bond donors (Lipinski definition) is 0. The number of piperidine rings is 1. The van der Waals surface area contributed by atoms with Gasteiger partial charge < -0.3 is 14.2 Å². The van der Waals surface area contributed by atoms with Gasteiger partial charge in [0.1, 0.15) is 17.4 Å². The topological polar surface area (TPSA) is 60.2 Å². The van der Waals surface area contributed by atoms with Crippen molar-refractivity contribution in [2.75, 3.05) is 31.2 Å². The van der Waals surface area contributed by atoms with Crippen LogP contribution in [0.2, 0.25) is 5.02 Å². The van der Waals surface area contributed by atoms with Crippen LogP contribution in [0, 0.1) is 11.8 Å². The van der Waals surface area contributed by atoms with Gasteiger partial charge in [0.25, 0.3) is 0 Å². The highest BCUT2D eigenvalue weighted by Gasteiger charge is 2.29. The van der Waals surface area contributed by atoms with Crippen LogP contribution in [0.1, 0.15) is 25.7 Å². The molecule has 1 aromatic carbocycles. The Morgan fingerprint density at radius 3 is 2.77 bits per heavy atom. The minimum absolute atomic E-state index is 0.156. The Morgan fingerprint density at radius 1 is 1.23 bits per heavy atom. The van der Waals surface area contributed by atoms with Crippen molar-refractivity contribution in [1.29, 1.82) is 0 Å². The summed E-state index contributed by atoms with van der Waals surface area (Å²) >= 11 is 6.53. The second-order valence-electron chi connectivity index (χ2n) is 8.67. The van der Waals surface area contributed by atoms with Crippen LogP contribution >= 0.6 is 11.6 Å². The highest BCUT2D eigenvalue weighted by atomic mass is 35.5. The highest BCUT2D eigenvalue weighted by molar-refractivity contribution is 6.33. The maximum Gasteiger partial charge on any atom is 0.142 e. The molecule has 0 spiro atoms. The molecule has 6 nitrogen and oxygen atoms in total. The van der Waals surface area contributed by atoms with Gasteiger partial charge in [0.15, 0.2) is 0 Å². The summed E-state index contributed by atoms with van der Waals surface area (Å²) in [4.78, 5) is 24.3. The van der Waals surface area contributed by atoms with Crippen molar-refractivity contribution in [2.24, 2.45) is 18.9 Å². The summed E-state index contributed by atoms with van der Waals surface area (Å²) in [7, 11) is 2.01. The lowest BCUT2D eigenvalue weighted by atomic mass is 9.87. The largest absolute Gasteiger partial charge is 0.381 e. The molecule has 2 aromatic heterocycles. The SMILES string of the molecule is Cn1c(-c2cc(N3CCC(C(=O)CC4CCOC4)CC3)ncc2Cl)nc2ccccc21. The molecule has 1 atom stereocenters. The number of carbonyl (C=O) groups is 1. The number of nitrogens with zero attached hydrogens (tertiary/aromatic N) is 4. The molecule has 31 heavy (non-hydrogen) atoms. The third kappa shape index (κ3) is 4.06. The van der Waals surface area contributed by atoms with Gasteiger partial charge in [0, 0.05) is 57.4 Å². The number of halogens is 1. The number of fused-ring (bicyclic) bond motifs is 1. The Kier molecular flexibility index (Phi) is 5.67. The molecule has 2 aliphatic heterocycles. The molecule has 0 N–H and O–H groups in total. The average molecular weight is 439 g/mol. The standard InChI is InChI=1S/C24H27ClN4O2/c1-28-21-5-3-2-4-20(21)27-24(28)18-13-23(26-14-19(18)25)29-9-6-17(7-10-29)22(30)12-16-8-11-31-15-16/h2-5,13-14,16-17H,6-12,15H2,1H3. The minimum Gasteiger partial charge on any atom is -0.381 e. The molecule has 2 fully saturated rings. The molecule has 5 rings (SSSR count). The van der Waals surface area contributed by atoms with Crippen molar-refractivity contribution in [1.82, 2.24) is 14.5 Å². The fourth-order valence-corrected chi connectivity index (χ4v) is 4.97. The number of para-hydroxylation sites is 2. The van der Waals surface area contributed by atoms with Crippen LogP contribution in [0.15, 0.2) is 36.5 Å². The van der Waals surface area contributed by atoms with Crippen LogP contribution in [0.25, 0.3) is 22.4 Å². The Hall–Kier alpha value is -2.44. The number of aryl methyl sites for hydroxylation is 1. The van der Waals surface area contributed by atoms with E-state index in [-0.39, 0.29) is 5.92 Å². The predicted molar refractivity (Wildman–Crippen MR) is 122 cm³/mol. The minimum atomic E-state index is 0.156. The van der Waals surface area contributed by atoms with Gasteiger partial charge in [-0.2, -0.15) is 0 Å². The van der Waals surface area contributed by atoms with Crippen molar-refractivity contribution in [2.45, 2.75) is 25.7 Å². The summed E-state index contributed by atoms with van der Waals surface area (Å²) in [5, 5.41) is 0.589. The van der Waals surface area contributed by atoms with E-state index in [4.69, 9.17) is 21.3 Å². The predicted octanol–water partition coefficient (Wildman–Crippen LogP) is 4.50. The summed E-state index contributed by atoms with van der Waals surface area (Å²) in [5.41, 5.74) is 2.89. The van der Waals surface area contributed by atoms with E-state index < -0.39 is 0 Å². The van der Waals surface area contributed by atoms with E-state index in [9.17, 15) is 4.79 Å². The maximum absolute atomic E-state index is 12.7. The van der Waals surface area contributed by atoms with E-state index in [2.05, 4.69) is 20.5 Å². The Balaban J connectivity index is 1.31.